The molecule has 0 fully saturated rings. The first kappa shape index (κ1) is 8.50. The zero-order valence-corrected chi connectivity index (χ0v) is 5.46. The Balaban J connectivity index is 4.65. The van der Waals surface area contributed by atoms with E-state index in [4.69, 9.17) is 15.5 Å². The van der Waals surface area contributed by atoms with Crippen molar-refractivity contribution in [2.24, 2.45) is 0 Å². The highest BCUT2D eigenvalue weighted by molar-refractivity contribution is 5.85. The fourth-order valence-corrected chi connectivity index (χ4v) is 0.429. The van der Waals surface area contributed by atoms with Gasteiger partial charge in [0.1, 0.15) is 0 Å². The fourth-order valence-electron chi connectivity index (χ4n) is 0.429. The largest absolute Gasteiger partial charge is 0.501 e. The van der Waals surface area contributed by atoms with Crippen molar-refractivity contribution < 1.29 is 15.0 Å². The van der Waals surface area contributed by atoms with Gasteiger partial charge in [0.15, 0.2) is 0 Å². The lowest BCUT2D eigenvalue weighted by atomic mass is 10.2. The standard InChI is InChI=1S/C6H7NO3/c1-2-4(3-7)5(8)6(9)10/h8H,2H2,1H3,(H,9,10)/b5-4+. The van der Waals surface area contributed by atoms with Crippen LogP contribution in [0.5, 0.6) is 0 Å². The predicted molar refractivity (Wildman–Crippen MR) is 33.2 cm³/mol. The number of aliphatic carboxylic acids is 1. The number of allylic oxidation sites excluding steroid dienone is 1. The molecule has 0 amide bonds. The summed E-state index contributed by atoms with van der Waals surface area (Å²) in [6.45, 7) is 1.59. The normalized spacial score (nSPS) is 11.6. The van der Waals surface area contributed by atoms with E-state index in [0.717, 1.165) is 0 Å². The van der Waals surface area contributed by atoms with Crippen LogP contribution < -0.4 is 0 Å². The number of aliphatic hydroxyl groups is 1. The second-order valence-corrected chi connectivity index (χ2v) is 1.60. The van der Waals surface area contributed by atoms with Crippen LogP contribution in [0.25, 0.3) is 0 Å². The molecule has 0 saturated carbocycles. The maximum absolute atomic E-state index is 10.00. The van der Waals surface area contributed by atoms with Gasteiger partial charge in [-0.25, -0.2) is 4.79 Å². The van der Waals surface area contributed by atoms with Gasteiger partial charge < -0.3 is 10.2 Å². The molecule has 2 N–H and O–H groups in total. The van der Waals surface area contributed by atoms with Gasteiger partial charge in [0.25, 0.3) is 0 Å². The van der Waals surface area contributed by atoms with E-state index >= 15 is 0 Å². The van der Waals surface area contributed by atoms with Crippen LogP contribution >= 0.6 is 0 Å². The number of carboxylic acids is 1. The highest BCUT2D eigenvalue weighted by Crippen LogP contribution is 2.03. The lowest BCUT2D eigenvalue weighted by molar-refractivity contribution is -0.135. The molecule has 0 aromatic heterocycles. The molecule has 0 rings (SSSR count). The third-order valence-electron chi connectivity index (χ3n) is 0.977. The van der Waals surface area contributed by atoms with Crippen LogP contribution in [0.15, 0.2) is 11.3 Å². The molecular formula is C6H7NO3. The quantitative estimate of drug-likeness (QED) is 0.339. The van der Waals surface area contributed by atoms with E-state index < -0.39 is 11.7 Å². The van der Waals surface area contributed by atoms with Crippen LogP contribution in [0.3, 0.4) is 0 Å². The average Bonchev–Trinajstić information content (AvgIpc) is 1.90. The summed E-state index contributed by atoms with van der Waals surface area (Å²) >= 11 is 0. The molecule has 0 radical (unpaired) electrons. The smallest absolute Gasteiger partial charge is 0.372 e. The van der Waals surface area contributed by atoms with E-state index in [-0.39, 0.29) is 12.0 Å². The second kappa shape index (κ2) is 3.51. The lowest BCUT2D eigenvalue weighted by Crippen LogP contribution is -2.02. The number of nitrogens with zero attached hydrogens (tertiary/aromatic N) is 1. The molecule has 4 nitrogen and oxygen atoms in total. The van der Waals surface area contributed by atoms with E-state index in [1.807, 2.05) is 0 Å². The van der Waals surface area contributed by atoms with Crippen molar-refractivity contribution in [1.82, 2.24) is 0 Å². The summed E-state index contributed by atoms with van der Waals surface area (Å²) < 4.78 is 0. The minimum Gasteiger partial charge on any atom is -0.501 e. The summed E-state index contributed by atoms with van der Waals surface area (Å²) in [4.78, 5) is 10.00. The van der Waals surface area contributed by atoms with Crippen LogP contribution in [-0.4, -0.2) is 16.2 Å². The van der Waals surface area contributed by atoms with Gasteiger partial charge in [-0.05, 0) is 6.42 Å². The van der Waals surface area contributed by atoms with Crippen LogP contribution in [0, 0.1) is 11.3 Å². The van der Waals surface area contributed by atoms with Gasteiger partial charge in [-0.15, -0.1) is 0 Å². The Labute approximate surface area is 58.0 Å². The minimum absolute atomic E-state index is 0.104. The molecule has 0 aliphatic rings. The number of carboxylic acid groups (broad SMARTS) is 1. The summed E-state index contributed by atoms with van der Waals surface area (Å²) in [5.74, 6) is -2.32. The zero-order chi connectivity index (χ0) is 8.15. The Bertz CT molecular complexity index is 212. The highest BCUT2D eigenvalue weighted by Gasteiger charge is 2.09. The summed E-state index contributed by atoms with van der Waals surface area (Å²) in [5.41, 5.74) is -0.104. The molecule has 0 aromatic carbocycles. The molecule has 0 bridgehead atoms. The van der Waals surface area contributed by atoms with Crippen molar-refractivity contribution >= 4 is 5.97 Å². The molecule has 0 aliphatic heterocycles. The van der Waals surface area contributed by atoms with Crippen LogP contribution in [0.1, 0.15) is 13.3 Å². The van der Waals surface area contributed by atoms with E-state index in [9.17, 15) is 4.79 Å². The second-order valence-electron chi connectivity index (χ2n) is 1.60. The SMILES string of the molecule is CC/C(C#N)=C(\O)C(=O)O. The molecule has 0 atom stereocenters. The van der Waals surface area contributed by atoms with Gasteiger partial charge in [-0.3, -0.25) is 0 Å². The fraction of sp³-hybridized carbons (Fsp3) is 0.333. The van der Waals surface area contributed by atoms with Crippen molar-refractivity contribution in [2.45, 2.75) is 13.3 Å². The molecule has 0 saturated heterocycles. The molecule has 0 spiro atoms. The summed E-state index contributed by atoms with van der Waals surface area (Å²) in [6.07, 6.45) is 0.231. The van der Waals surface area contributed by atoms with E-state index in [0.29, 0.717) is 0 Å². The number of nitriles is 1. The first-order chi connectivity index (χ1) is 4.63. The molecule has 4 heteroatoms. The van der Waals surface area contributed by atoms with Crippen molar-refractivity contribution in [3.63, 3.8) is 0 Å². The van der Waals surface area contributed by atoms with Crippen LogP contribution in [0.2, 0.25) is 0 Å². The third kappa shape index (κ3) is 1.78. The molecular weight excluding hydrogens is 134 g/mol. The third-order valence-corrected chi connectivity index (χ3v) is 0.977. The number of rotatable bonds is 2. The van der Waals surface area contributed by atoms with Gasteiger partial charge in [-0.2, -0.15) is 5.26 Å². The van der Waals surface area contributed by atoms with E-state index in [2.05, 4.69) is 0 Å². The molecule has 54 valence electrons. The van der Waals surface area contributed by atoms with Gasteiger partial charge in [0.2, 0.25) is 5.76 Å². The van der Waals surface area contributed by atoms with Crippen molar-refractivity contribution in [3.05, 3.63) is 11.3 Å². The van der Waals surface area contributed by atoms with Gasteiger partial charge in [-0.1, -0.05) is 6.92 Å². The zero-order valence-electron chi connectivity index (χ0n) is 5.46. The highest BCUT2D eigenvalue weighted by atomic mass is 16.4. The number of hydrogen-bond donors (Lipinski definition) is 2. The van der Waals surface area contributed by atoms with Crippen molar-refractivity contribution in [1.29, 1.82) is 5.26 Å². The van der Waals surface area contributed by atoms with E-state index in [1.165, 1.54) is 0 Å². The topological polar surface area (TPSA) is 81.3 Å². The Morgan fingerprint density at radius 1 is 1.60 bits per heavy atom. The number of carbonyl (C=O) groups is 1. The maximum Gasteiger partial charge on any atom is 0.372 e. The molecule has 0 unspecified atom stereocenters. The predicted octanol–water partition coefficient (Wildman–Crippen LogP) is 0.817. The number of aliphatic hydroxyl groups excluding tert-OH is 1. The monoisotopic (exact) mass is 141 g/mol. The Kier molecular flexibility index (Phi) is 2.98. The molecule has 0 aliphatic carbocycles. The molecule has 10 heavy (non-hydrogen) atoms. The maximum atomic E-state index is 10.00. The van der Waals surface area contributed by atoms with Crippen molar-refractivity contribution in [3.8, 4) is 6.07 Å². The summed E-state index contributed by atoms with van der Waals surface area (Å²) in [7, 11) is 0. The molecule has 0 aromatic rings. The summed E-state index contributed by atoms with van der Waals surface area (Å²) in [5, 5.41) is 25.0. The van der Waals surface area contributed by atoms with Gasteiger partial charge >= 0.3 is 5.97 Å². The Morgan fingerprint density at radius 3 is 2.20 bits per heavy atom. The summed E-state index contributed by atoms with van der Waals surface area (Å²) in [6, 6.07) is 1.58. The van der Waals surface area contributed by atoms with Gasteiger partial charge in [0, 0.05) is 0 Å². The molecule has 0 heterocycles. The minimum atomic E-state index is -1.46. The van der Waals surface area contributed by atoms with Gasteiger partial charge in [0.05, 0.1) is 11.6 Å². The Morgan fingerprint density at radius 2 is 2.10 bits per heavy atom. The lowest BCUT2D eigenvalue weighted by Gasteiger charge is -1.93. The van der Waals surface area contributed by atoms with Crippen LogP contribution in [-0.2, 0) is 4.79 Å². The Hall–Kier alpha value is -1.50. The first-order valence-electron chi connectivity index (χ1n) is 2.69. The van der Waals surface area contributed by atoms with Crippen LogP contribution in [0.4, 0.5) is 0 Å². The first-order valence-corrected chi connectivity index (χ1v) is 2.69. The van der Waals surface area contributed by atoms with E-state index in [1.54, 1.807) is 13.0 Å². The van der Waals surface area contributed by atoms with Crippen molar-refractivity contribution in [2.75, 3.05) is 0 Å². The number of hydrogen-bond acceptors (Lipinski definition) is 3. The average molecular weight is 141 g/mol.